The van der Waals surface area contributed by atoms with Crippen molar-refractivity contribution >= 4 is 5.69 Å². The lowest BCUT2D eigenvalue weighted by atomic mass is 10.0. The second kappa shape index (κ2) is 3.58. The summed E-state index contributed by atoms with van der Waals surface area (Å²) in [6.45, 7) is 0. The average Bonchev–Trinajstić information content (AvgIpc) is 2.86. The highest BCUT2D eigenvalue weighted by atomic mass is 19.1. The van der Waals surface area contributed by atoms with Gasteiger partial charge in [0.15, 0.2) is 0 Å². The summed E-state index contributed by atoms with van der Waals surface area (Å²) in [5.74, 6) is 0.445. The van der Waals surface area contributed by atoms with Crippen LogP contribution >= 0.6 is 0 Å². The Hall–Kier alpha value is -1.09. The van der Waals surface area contributed by atoms with Crippen molar-refractivity contribution in [3.05, 3.63) is 29.6 Å². The Balaban J connectivity index is 2.12. The van der Waals surface area contributed by atoms with Gasteiger partial charge in [-0.2, -0.15) is 0 Å². The fourth-order valence-electron chi connectivity index (χ4n) is 1.70. The van der Waals surface area contributed by atoms with Crippen LogP contribution in [-0.4, -0.2) is 0 Å². The van der Waals surface area contributed by atoms with Crippen LogP contribution in [0.2, 0.25) is 0 Å². The van der Waals surface area contributed by atoms with Gasteiger partial charge in [0.25, 0.3) is 0 Å². The van der Waals surface area contributed by atoms with Crippen molar-refractivity contribution in [2.24, 2.45) is 11.7 Å². The molecule has 1 aromatic carbocycles. The summed E-state index contributed by atoms with van der Waals surface area (Å²) >= 11 is 0. The molecular weight excluding hydrogens is 179 g/mol. The van der Waals surface area contributed by atoms with Gasteiger partial charge in [0.1, 0.15) is 5.82 Å². The fraction of sp³-hybridized carbons (Fsp3) is 0.455. The molecule has 3 heteroatoms. The molecule has 1 unspecified atom stereocenters. The number of nitrogen functional groups attached to an aromatic ring is 1. The van der Waals surface area contributed by atoms with E-state index in [1.165, 1.54) is 25.0 Å². The monoisotopic (exact) mass is 194 g/mol. The highest BCUT2D eigenvalue weighted by molar-refractivity contribution is 5.42. The molecule has 0 aromatic heterocycles. The molecule has 1 aromatic rings. The Kier molecular flexibility index (Phi) is 2.42. The molecule has 1 fully saturated rings. The van der Waals surface area contributed by atoms with E-state index in [1.807, 2.05) is 0 Å². The van der Waals surface area contributed by atoms with E-state index in [2.05, 4.69) is 0 Å². The van der Waals surface area contributed by atoms with Gasteiger partial charge in [-0.05, 0) is 36.1 Å². The number of rotatable bonds is 3. The first kappa shape index (κ1) is 9.46. The lowest BCUT2D eigenvalue weighted by Crippen LogP contribution is -2.11. The normalized spacial score (nSPS) is 18.1. The van der Waals surface area contributed by atoms with Crippen molar-refractivity contribution < 1.29 is 4.39 Å². The van der Waals surface area contributed by atoms with Crippen LogP contribution in [0.25, 0.3) is 0 Å². The van der Waals surface area contributed by atoms with Gasteiger partial charge in [-0.15, -0.1) is 0 Å². The van der Waals surface area contributed by atoms with E-state index in [-0.39, 0.29) is 11.9 Å². The first-order valence-electron chi connectivity index (χ1n) is 4.96. The first-order chi connectivity index (χ1) is 6.65. The Morgan fingerprint density at radius 2 is 2.07 bits per heavy atom. The van der Waals surface area contributed by atoms with E-state index in [0.717, 1.165) is 17.9 Å². The zero-order chi connectivity index (χ0) is 10.1. The van der Waals surface area contributed by atoms with Gasteiger partial charge in [0.05, 0.1) is 0 Å². The molecule has 1 atom stereocenters. The Morgan fingerprint density at radius 3 is 2.64 bits per heavy atom. The highest BCUT2D eigenvalue weighted by Gasteiger charge is 2.24. The van der Waals surface area contributed by atoms with Crippen LogP contribution in [0.15, 0.2) is 18.2 Å². The van der Waals surface area contributed by atoms with Crippen LogP contribution in [-0.2, 0) is 0 Å². The predicted octanol–water partition coefficient (Wildman–Crippen LogP) is 2.21. The molecule has 76 valence electrons. The minimum absolute atomic E-state index is 0.0690. The van der Waals surface area contributed by atoms with Crippen LogP contribution in [0.4, 0.5) is 10.1 Å². The summed E-state index contributed by atoms with van der Waals surface area (Å²) in [5.41, 5.74) is 12.8. The molecule has 1 saturated carbocycles. The van der Waals surface area contributed by atoms with Gasteiger partial charge < -0.3 is 11.5 Å². The molecule has 0 heterocycles. The van der Waals surface area contributed by atoms with Crippen molar-refractivity contribution in [1.82, 2.24) is 0 Å². The van der Waals surface area contributed by atoms with Gasteiger partial charge in [0.2, 0.25) is 0 Å². The van der Waals surface area contributed by atoms with E-state index in [4.69, 9.17) is 11.5 Å². The lowest BCUT2D eigenvalue weighted by molar-refractivity contribution is 0.583. The lowest BCUT2D eigenvalue weighted by Gasteiger charge is -2.12. The second-order valence-corrected chi connectivity index (χ2v) is 4.10. The molecule has 2 rings (SSSR count). The highest BCUT2D eigenvalue weighted by Crippen LogP contribution is 2.37. The van der Waals surface area contributed by atoms with Gasteiger partial charge in [-0.1, -0.05) is 12.8 Å². The van der Waals surface area contributed by atoms with E-state index in [9.17, 15) is 4.39 Å². The summed E-state index contributed by atoms with van der Waals surface area (Å²) in [6, 6.07) is 4.48. The van der Waals surface area contributed by atoms with Gasteiger partial charge in [-0.3, -0.25) is 0 Å². The Morgan fingerprint density at radius 1 is 1.36 bits per heavy atom. The summed E-state index contributed by atoms with van der Waals surface area (Å²) < 4.78 is 13.0. The molecule has 4 N–H and O–H groups in total. The molecule has 0 aliphatic heterocycles. The average molecular weight is 194 g/mol. The number of hydrogen-bond donors (Lipinski definition) is 2. The molecule has 0 saturated heterocycles. The summed E-state index contributed by atoms with van der Waals surface area (Å²) in [5, 5.41) is 0. The van der Waals surface area contributed by atoms with Crippen molar-refractivity contribution in [3.8, 4) is 0 Å². The largest absolute Gasteiger partial charge is 0.399 e. The number of hydrogen-bond acceptors (Lipinski definition) is 2. The molecule has 1 aliphatic carbocycles. The third kappa shape index (κ3) is 2.23. The van der Waals surface area contributed by atoms with E-state index >= 15 is 0 Å². The van der Waals surface area contributed by atoms with Crippen LogP contribution < -0.4 is 11.5 Å². The third-order valence-electron chi connectivity index (χ3n) is 2.65. The van der Waals surface area contributed by atoms with E-state index in [0.29, 0.717) is 5.69 Å². The number of halogens is 1. The standard InChI is InChI=1S/C11H15FN2/c12-9-4-8(5-10(13)6-9)11(14)3-7-1-2-7/h4-7,11H,1-3,13-14H2. The zero-order valence-corrected chi connectivity index (χ0v) is 8.04. The molecular formula is C11H15FN2. The van der Waals surface area contributed by atoms with Crippen molar-refractivity contribution in [2.45, 2.75) is 25.3 Å². The Labute approximate surface area is 83.1 Å². The molecule has 2 nitrogen and oxygen atoms in total. The first-order valence-corrected chi connectivity index (χ1v) is 4.96. The van der Waals surface area contributed by atoms with E-state index in [1.54, 1.807) is 6.07 Å². The predicted molar refractivity (Wildman–Crippen MR) is 55.1 cm³/mol. The molecule has 1 aliphatic rings. The van der Waals surface area contributed by atoms with Crippen molar-refractivity contribution in [3.63, 3.8) is 0 Å². The van der Waals surface area contributed by atoms with Crippen LogP contribution in [0.1, 0.15) is 30.9 Å². The summed E-state index contributed by atoms with van der Waals surface area (Å²) in [7, 11) is 0. The maximum absolute atomic E-state index is 13.0. The smallest absolute Gasteiger partial charge is 0.125 e. The molecule has 14 heavy (non-hydrogen) atoms. The minimum Gasteiger partial charge on any atom is -0.399 e. The maximum atomic E-state index is 13.0. The van der Waals surface area contributed by atoms with Gasteiger partial charge in [-0.25, -0.2) is 4.39 Å². The number of anilines is 1. The van der Waals surface area contributed by atoms with Crippen LogP contribution in [0, 0.1) is 11.7 Å². The van der Waals surface area contributed by atoms with Crippen molar-refractivity contribution in [1.29, 1.82) is 0 Å². The SMILES string of the molecule is Nc1cc(F)cc(C(N)CC2CC2)c1. The summed E-state index contributed by atoms with van der Waals surface area (Å²) in [4.78, 5) is 0. The molecule has 0 radical (unpaired) electrons. The van der Waals surface area contributed by atoms with Crippen LogP contribution in [0.3, 0.4) is 0 Å². The quantitative estimate of drug-likeness (QED) is 0.725. The minimum atomic E-state index is -0.300. The second-order valence-electron chi connectivity index (χ2n) is 4.10. The molecule has 0 bridgehead atoms. The zero-order valence-electron chi connectivity index (χ0n) is 8.04. The molecule has 0 spiro atoms. The Bertz CT molecular complexity index is 314. The fourth-order valence-corrected chi connectivity index (χ4v) is 1.70. The third-order valence-corrected chi connectivity index (χ3v) is 2.65. The number of nitrogens with two attached hydrogens (primary N) is 2. The maximum Gasteiger partial charge on any atom is 0.125 e. The van der Waals surface area contributed by atoms with E-state index < -0.39 is 0 Å². The van der Waals surface area contributed by atoms with Gasteiger partial charge >= 0.3 is 0 Å². The number of benzene rings is 1. The topological polar surface area (TPSA) is 52.0 Å². The van der Waals surface area contributed by atoms with Crippen molar-refractivity contribution in [2.75, 3.05) is 5.73 Å². The molecule has 0 amide bonds. The van der Waals surface area contributed by atoms with Gasteiger partial charge in [0, 0.05) is 11.7 Å². The summed E-state index contributed by atoms with van der Waals surface area (Å²) in [6.07, 6.45) is 3.47. The van der Waals surface area contributed by atoms with Crippen LogP contribution in [0.5, 0.6) is 0 Å².